The Morgan fingerprint density at radius 3 is 3.09 bits per heavy atom. The van der Waals surface area contributed by atoms with Gasteiger partial charge in [-0.2, -0.15) is 5.10 Å². The highest BCUT2D eigenvalue weighted by molar-refractivity contribution is 5.82. The van der Waals surface area contributed by atoms with Gasteiger partial charge in [0.15, 0.2) is 17.7 Å². The molecule has 6 heteroatoms. The van der Waals surface area contributed by atoms with Gasteiger partial charge in [-0.3, -0.25) is 9.89 Å². The van der Waals surface area contributed by atoms with E-state index in [4.69, 9.17) is 4.74 Å². The Kier molecular flexibility index (Phi) is 3.52. The number of amides is 1. The molecule has 1 amide bonds. The summed E-state index contributed by atoms with van der Waals surface area (Å²) in [6.07, 6.45) is 3.55. The van der Waals surface area contributed by atoms with Crippen molar-refractivity contribution in [3.05, 3.63) is 47.5 Å². The molecule has 1 aromatic carbocycles. The summed E-state index contributed by atoms with van der Waals surface area (Å²) < 4.78 is 19.3. The van der Waals surface area contributed by atoms with E-state index in [2.05, 4.69) is 10.2 Å². The fourth-order valence-electron chi connectivity index (χ4n) is 3.50. The van der Waals surface area contributed by atoms with Gasteiger partial charge < -0.3 is 9.64 Å². The first-order valence-corrected chi connectivity index (χ1v) is 7.94. The number of para-hydroxylation sites is 1. The highest BCUT2D eigenvalue weighted by atomic mass is 19.1. The van der Waals surface area contributed by atoms with E-state index < -0.39 is 11.9 Å². The van der Waals surface area contributed by atoms with Crippen LogP contribution in [0.3, 0.4) is 0 Å². The second kappa shape index (κ2) is 5.68. The summed E-state index contributed by atoms with van der Waals surface area (Å²) in [5, 5.41) is 6.98. The predicted molar refractivity (Wildman–Crippen MR) is 81.7 cm³/mol. The van der Waals surface area contributed by atoms with Crippen LogP contribution in [0.5, 0.6) is 5.75 Å². The number of carbonyl (C=O) groups excluding carboxylic acids is 1. The largest absolute Gasteiger partial charge is 0.477 e. The summed E-state index contributed by atoms with van der Waals surface area (Å²) >= 11 is 0. The van der Waals surface area contributed by atoms with Crippen molar-refractivity contribution in [1.29, 1.82) is 0 Å². The first-order valence-electron chi connectivity index (χ1n) is 7.94. The second-order valence-electron chi connectivity index (χ2n) is 6.17. The zero-order valence-electron chi connectivity index (χ0n) is 12.7. The van der Waals surface area contributed by atoms with Crippen molar-refractivity contribution >= 4 is 5.91 Å². The molecule has 2 aromatic rings. The molecule has 1 saturated heterocycles. The van der Waals surface area contributed by atoms with Gasteiger partial charge in [0, 0.05) is 42.9 Å². The predicted octanol–water partition coefficient (Wildman–Crippen LogP) is 2.26. The average molecular weight is 315 g/mol. The van der Waals surface area contributed by atoms with Gasteiger partial charge in [0.25, 0.3) is 5.91 Å². The minimum Gasteiger partial charge on any atom is -0.477 e. The van der Waals surface area contributed by atoms with Gasteiger partial charge in [-0.25, -0.2) is 4.39 Å². The van der Waals surface area contributed by atoms with E-state index in [0.29, 0.717) is 13.0 Å². The van der Waals surface area contributed by atoms with E-state index >= 15 is 0 Å². The zero-order valence-corrected chi connectivity index (χ0v) is 12.7. The van der Waals surface area contributed by atoms with Crippen LogP contribution in [-0.4, -0.2) is 40.2 Å². The first kappa shape index (κ1) is 14.2. The topological polar surface area (TPSA) is 58.2 Å². The minimum absolute atomic E-state index is 0.0511. The lowest BCUT2D eigenvalue weighted by Gasteiger charge is -2.33. The summed E-state index contributed by atoms with van der Waals surface area (Å²) in [7, 11) is 0. The molecule has 0 aliphatic carbocycles. The molecule has 0 spiro atoms. The van der Waals surface area contributed by atoms with Gasteiger partial charge >= 0.3 is 0 Å². The van der Waals surface area contributed by atoms with E-state index in [-0.39, 0.29) is 17.6 Å². The minimum atomic E-state index is -0.609. The molecule has 23 heavy (non-hydrogen) atoms. The molecule has 1 fully saturated rings. The number of piperidine rings is 1. The summed E-state index contributed by atoms with van der Waals surface area (Å²) in [5.41, 5.74) is 1.83. The number of aromatic amines is 1. The van der Waals surface area contributed by atoms with Crippen molar-refractivity contribution in [3.8, 4) is 5.75 Å². The third kappa shape index (κ3) is 2.58. The van der Waals surface area contributed by atoms with Crippen LogP contribution >= 0.6 is 0 Å². The number of halogens is 1. The Morgan fingerprint density at radius 2 is 2.30 bits per heavy atom. The molecule has 5 nitrogen and oxygen atoms in total. The molecule has 0 unspecified atom stereocenters. The maximum Gasteiger partial charge on any atom is 0.264 e. The number of hydrogen-bond donors (Lipinski definition) is 1. The van der Waals surface area contributed by atoms with Crippen molar-refractivity contribution in [2.24, 2.45) is 0 Å². The molecule has 0 radical (unpaired) electrons. The van der Waals surface area contributed by atoms with Gasteiger partial charge in [0.1, 0.15) is 0 Å². The van der Waals surface area contributed by atoms with Gasteiger partial charge in [0.2, 0.25) is 0 Å². The standard InChI is InChI=1S/C17H18FN3O2/c18-13-5-1-3-11-9-15(23-16(11)13)17(22)21-8-2-4-12(10-21)14-6-7-19-20-14/h1,3,5-7,12,15H,2,4,8-10H2,(H,19,20)/t12-,15+/m1/s1. The summed E-state index contributed by atoms with van der Waals surface area (Å²) in [6, 6.07) is 6.78. The average Bonchev–Trinajstić information content (AvgIpc) is 3.24. The van der Waals surface area contributed by atoms with Crippen LogP contribution in [0.2, 0.25) is 0 Å². The van der Waals surface area contributed by atoms with Gasteiger partial charge in [0.05, 0.1) is 0 Å². The molecule has 2 aliphatic rings. The van der Waals surface area contributed by atoms with Gasteiger partial charge in [-0.15, -0.1) is 0 Å². The number of nitrogens with one attached hydrogen (secondary N) is 1. The van der Waals surface area contributed by atoms with E-state index in [1.165, 1.54) is 6.07 Å². The normalized spacial score (nSPS) is 23.4. The SMILES string of the molecule is O=C([C@@H]1Cc2cccc(F)c2O1)N1CCC[C@@H](c2ccn[nH]2)C1. The van der Waals surface area contributed by atoms with Crippen molar-refractivity contribution in [2.45, 2.75) is 31.3 Å². The Labute approximate surface area is 133 Å². The molecule has 1 N–H and O–H groups in total. The number of hydrogen-bond acceptors (Lipinski definition) is 3. The number of aromatic nitrogens is 2. The fraction of sp³-hybridized carbons (Fsp3) is 0.412. The van der Waals surface area contributed by atoms with Crippen molar-refractivity contribution in [2.75, 3.05) is 13.1 Å². The third-order valence-electron chi connectivity index (χ3n) is 4.68. The highest BCUT2D eigenvalue weighted by Crippen LogP contribution is 2.33. The number of fused-ring (bicyclic) bond motifs is 1. The zero-order chi connectivity index (χ0) is 15.8. The summed E-state index contributed by atoms with van der Waals surface area (Å²) in [5.74, 6) is 0.0558. The lowest BCUT2D eigenvalue weighted by molar-refractivity contribution is -0.139. The van der Waals surface area contributed by atoms with Crippen LogP contribution in [0, 0.1) is 5.82 Å². The number of H-pyrrole nitrogens is 1. The molecule has 3 heterocycles. The van der Waals surface area contributed by atoms with Crippen LogP contribution in [0.15, 0.2) is 30.5 Å². The molecule has 1 aromatic heterocycles. The Balaban J connectivity index is 1.47. The smallest absolute Gasteiger partial charge is 0.264 e. The maximum absolute atomic E-state index is 13.8. The summed E-state index contributed by atoms with van der Waals surface area (Å²) in [6.45, 7) is 1.38. The number of likely N-dealkylation sites (tertiary alicyclic amines) is 1. The summed E-state index contributed by atoms with van der Waals surface area (Å²) in [4.78, 5) is 14.6. The molecule has 2 aliphatic heterocycles. The molecule has 4 rings (SSSR count). The van der Waals surface area contributed by atoms with Crippen LogP contribution in [0.4, 0.5) is 4.39 Å². The van der Waals surface area contributed by atoms with Crippen LogP contribution in [0.1, 0.15) is 30.0 Å². The van der Waals surface area contributed by atoms with E-state index in [0.717, 1.165) is 30.6 Å². The highest BCUT2D eigenvalue weighted by Gasteiger charge is 2.36. The lowest BCUT2D eigenvalue weighted by atomic mass is 9.94. The quantitative estimate of drug-likeness (QED) is 0.925. The van der Waals surface area contributed by atoms with E-state index in [9.17, 15) is 9.18 Å². The lowest BCUT2D eigenvalue weighted by Crippen LogP contribution is -2.46. The number of carbonyl (C=O) groups is 1. The molecular weight excluding hydrogens is 297 g/mol. The Hall–Kier alpha value is -2.37. The van der Waals surface area contributed by atoms with Crippen molar-refractivity contribution in [3.63, 3.8) is 0 Å². The Bertz CT molecular complexity index is 717. The molecule has 0 bridgehead atoms. The monoisotopic (exact) mass is 315 g/mol. The first-order chi connectivity index (χ1) is 11.2. The number of ether oxygens (including phenoxy) is 1. The van der Waals surface area contributed by atoms with E-state index in [1.807, 2.05) is 17.0 Å². The number of nitrogens with zero attached hydrogens (tertiary/aromatic N) is 2. The van der Waals surface area contributed by atoms with Crippen LogP contribution in [-0.2, 0) is 11.2 Å². The van der Waals surface area contributed by atoms with Crippen molar-refractivity contribution in [1.82, 2.24) is 15.1 Å². The van der Waals surface area contributed by atoms with Crippen LogP contribution in [0.25, 0.3) is 0 Å². The van der Waals surface area contributed by atoms with E-state index in [1.54, 1.807) is 12.3 Å². The van der Waals surface area contributed by atoms with Gasteiger partial charge in [-0.1, -0.05) is 12.1 Å². The van der Waals surface area contributed by atoms with Crippen LogP contribution < -0.4 is 4.74 Å². The number of rotatable bonds is 2. The van der Waals surface area contributed by atoms with Gasteiger partial charge in [-0.05, 0) is 25.0 Å². The Morgan fingerprint density at radius 1 is 1.39 bits per heavy atom. The molecular formula is C17H18FN3O2. The van der Waals surface area contributed by atoms with Crippen molar-refractivity contribution < 1.29 is 13.9 Å². The third-order valence-corrected chi connectivity index (χ3v) is 4.68. The number of benzene rings is 1. The molecule has 2 atom stereocenters. The molecule has 0 saturated carbocycles. The molecule has 120 valence electrons. The maximum atomic E-state index is 13.8. The fourth-order valence-corrected chi connectivity index (χ4v) is 3.50. The second-order valence-corrected chi connectivity index (χ2v) is 6.17.